The van der Waals surface area contributed by atoms with E-state index in [-0.39, 0.29) is 5.91 Å². The summed E-state index contributed by atoms with van der Waals surface area (Å²) in [7, 11) is 0. The van der Waals surface area contributed by atoms with Crippen LogP contribution in [0.1, 0.15) is 33.7 Å². The molecule has 0 spiro atoms. The van der Waals surface area contributed by atoms with Crippen molar-refractivity contribution in [3.63, 3.8) is 0 Å². The third-order valence-corrected chi connectivity index (χ3v) is 4.33. The molecule has 0 unspecified atom stereocenters. The van der Waals surface area contributed by atoms with Gasteiger partial charge in [0.25, 0.3) is 5.91 Å². The summed E-state index contributed by atoms with van der Waals surface area (Å²) in [5.74, 6) is -0.544. The first-order chi connectivity index (χ1) is 12.6. The van der Waals surface area contributed by atoms with E-state index in [4.69, 9.17) is 0 Å². The van der Waals surface area contributed by atoms with Crippen molar-refractivity contribution in [3.8, 4) is 0 Å². The molecule has 3 aromatic carbocycles. The van der Waals surface area contributed by atoms with E-state index in [1.165, 1.54) is 5.56 Å². The van der Waals surface area contributed by atoms with Gasteiger partial charge in [0, 0.05) is 0 Å². The number of hydrogen-bond donors (Lipinski definition) is 1. The summed E-state index contributed by atoms with van der Waals surface area (Å²) < 4.78 is 0. The normalized spacial score (nSPS) is 11.0. The molecule has 0 bridgehead atoms. The molecule has 0 aliphatic heterocycles. The number of nitrogens with zero attached hydrogens (tertiary/aromatic N) is 1. The maximum atomic E-state index is 12.8. The van der Waals surface area contributed by atoms with Crippen LogP contribution in [0.3, 0.4) is 0 Å². The van der Waals surface area contributed by atoms with Crippen LogP contribution in [-0.2, 0) is 4.79 Å². The first-order valence-corrected chi connectivity index (χ1v) is 8.65. The highest BCUT2D eigenvalue weighted by molar-refractivity contribution is 5.89. The van der Waals surface area contributed by atoms with E-state index < -0.39 is 5.92 Å². The number of hydrogen-bond acceptors (Lipinski definition) is 2. The van der Waals surface area contributed by atoms with Gasteiger partial charge in [-0.15, -0.1) is 0 Å². The number of benzene rings is 3. The van der Waals surface area contributed by atoms with Gasteiger partial charge in [0.1, 0.15) is 0 Å². The summed E-state index contributed by atoms with van der Waals surface area (Å²) in [5, 5.41) is 4.18. The summed E-state index contributed by atoms with van der Waals surface area (Å²) in [4.78, 5) is 12.8. The van der Waals surface area contributed by atoms with Crippen molar-refractivity contribution < 1.29 is 4.79 Å². The Bertz CT molecular complexity index is 863. The highest BCUT2D eigenvalue weighted by atomic mass is 16.2. The number of aryl methyl sites for hydroxylation is 2. The molecule has 3 rings (SSSR count). The van der Waals surface area contributed by atoms with Gasteiger partial charge in [-0.1, -0.05) is 84.4 Å². The number of nitrogens with one attached hydrogen (secondary N) is 1. The monoisotopic (exact) mass is 342 g/mol. The fourth-order valence-electron chi connectivity index (χ4n) is 2.99. The minimum atomic E-state index is -0.395. The maximum absolute atomic E-state index is 12.8. The first-order valence-electron chi connectivity index (χ1n) is 8.65. The van der Waals surface area contributed by atoms with Crippen LogP contribution in [0.5, 0.6) is 0 Å². The molecule has 0 fully saturated rings. The lowest BCUT2D eigenvalue weighted by molar-refractivity contribution is -0.121. The zero-order chi connectivity index (χ0) is 18.4. The second-order valence-corrected chi connectivity index (χ2v) is 6.35. The lowest BCUT2D eigenvalue weighted by atomic mass is 9.91. The molecular weight excluding hydrogens is 320 g/mol. The van der Waals surface area contributed by atoms with Gasteiger partial charge >= 0.3 is 0 Å². The van der Waals surface area contributed by atoms with Crippen LogP contribution in [-0.4, -0.2) is 12.1 Å². The number of carbonyl (C=O) groups is 1. The third kappa shape index (κ3) is 4.25. The summed E-state index contributed by atoms with van der Waals surface area (Å²) in [6, 6.07) is 25.7. The van der Waals surface area contributed by atoms with Crippen LogP contribution in [0.2, 0.25) is 0 Å². The van der Waals surface area contributed by atoms with Gasteiger partial charge in [0.15, 0.2) is 0 Å². The second-order valence-electron chi connectivity index (χ2n) is 6.35. The van der Waals surface area contributed by atoms with E-state index in [9.17, 15) is 4.79 Å². The van der Waals surface area contributed by atoms with Gasteiger partial charge in [-0.05, 0) is 36.1 Å². The van der Waals surface area contributed by atoms with Crippen molar-refractivity contribution >= 4 is 12.1 Å². The second kappa shape index (κ2) is 8.26. The summed E-state index contributed by atoms with van der Waals surface area (Å²) in [6.07, 6.45) is 1.69. The topological polar surface area (TPSA) is 41.5 Å². The molecule has 0 aliphatic rings. The zero-order valence-corrected chi connectivity index (χ0v) is 15.0. The van der Waals surface area contributed by atoms with E-state index in [2.05, 4.69) is 23.5 Å². The molecule has 0 radical (unpaired) electrons. The standard InChI is InChI=1S/C23H22N2O/c1-17-13-14-21(18(2)15-17)16-24-25-23(26)22(19-9-5-3-6-10-19)20-11-7-4-8-12-20/h3-16,22H,1-2H3,(H,25,26)/b24-16+. The molecule has 0 saturated heterocycles. The minimum Gasteiger partial charge on any atom is -0.272 e. The van der Waals surface area contributed by atoms with Crippen LogP contribution in [0, 0.1) is 13.8 Å². The Morgan fingerprint density at radius 2 is 1.46 bits per heavy atom. The first kappa shape index (κ1) is 17.6. The number of amides is 1. The van der Waals surface area contributed by atoms with Crippen LogP contribution in [0.15, 0.2) is 84.0 Å². The average Bonchev–Trinajstić information content (AvgIpc) is 2.65. The quantitative estimate of drug-likeness (QED) is 0.535. The van der Waals surface area contributed by atoms with Crippen molar-refractivity contribution in [1.29, 1.82) is 0 Å². The molecule has 0 aliphatic carbocycles. The number of carbonyl (C=O) groups excluding carboxylic acids is 1. The molecule has 1 N–H and O–H groups in total. The Balaban J connectivity index is 1.81. The lowest BCUT2D eigenvalue weighted by Crippen LogP contribution is -2.26. The van der Waals surface area contributed by atoms with Crippen molar-refractivity contribution in [2.45, 2.75) is 19.8 Å². The summed E-state index contributed by atoms with van der Waals surface area (Å²) in [6.45, 7) is 4.09. The van der Waals surface area contributed by atoms with E-state index in [1.54, 1.807) is 6.21 Å². The fourth-order valence-corrected chi connectivity index (χ4v) is 2.99. The zero-order valence-electron chi connectivity index (χ0n) is 15.0. The van der Waals surface area contributed by atoms with Crippen molar-refractivity contribution in [2.24, 2.45) is 5.10 Å². The van der Waals surface area contributed by atoms with E-state index in [0.717, 1.165) is 22.3 Å². The van der Waals surface area contributed by atoms with Gasteiger partial charge in [0.05, 0.1) is 12.1 Å². The predicted molar refractivity (Wildman–Crippen MR) is 106 cm³/mol. The lowest BCUT2D eigenvalue weighted by Gasteiger charge is -2.16. The maximum Gasteiger partial charge on any atom is 0.252 e. The fraction of sp³-hybridized carbons (Fsp3) is 0.130. The Morgan fingerprint density at radius 1 is 0.885 bits per heavy atom. The molecule has 1 amide bonds. The van der Waals surface area contributed by atoms with E-state index >= 15 is 0 Å². The van der Waals surface area contributed by atoms with Crippen LogP contribution in [0.25, 0.3) is 0 Å². The summed E-state index contributed by atoms with van der Waals surface area (Å²) in [5.41, 5.74) is 7.91. The van der Waals surface area contributed by atoms with Crippen LogP contribution in [0.4, 0.5) is 0 Å². The molecule has 0 aromatic heterocycles. The molecule has 0 heterocycles. The Labute approximate surface area is 154 Å². The molecule has 0 saturated carbocycles. The largest absolute Gasteiger partial charge is 0.272 e. The summed E-state index contributed by atoms with van der Waals surface area (Å²) >= 11 is 0. The number of hydrazone groups is 1. The van der Waals surface area contributed by atoms with Gasteiger partial charge in [-0.2, -0.15) is 5.10 Å². The van der Waals surface area contributed by atoms with Gasteiger partial charge in [0.2, 0.25) is 0 Å². The molecule has 0 atom stereocenters. The highest BCUT2D eigenvalue weighted by Gasteiger charge is 2.22. The van der Waals surface area contributed by atoms with E-state index in [1.807, 2.05) is 79.7 Å². The molecule has 130 valence electrons. The third-order valence-electron chi connectivity index (χ3n) is 4.33. The highest BCUT2D eigenvalue weighted by Crippen LogP contribution is 2.24. The predicted octanol–water partition coefficient (Wildman–Crippen LogP) is 4.59. The van der Waals surface area contributed by atoms with Crippen LogP contribution < -0.4 is 5.43 Å². The Morgan fingerprint density at radius 3 is 2.00 bits per heavy atom. The van der Waals surface area contributed by atoms with Crippen LogP contribution >= 0.6 is 0 Å². The Hall–Kier alpha value is -3.20. The SMILES string of the molecule is Cc1ccc(/C=N/NC(=O)C(c2ccccc2)c2ccccc2)c(C)c1. The molecular formula is C23H22N2O. The average molecular weight is 342 g/mol. The van der Waals surface area contributed by atoms with Crippen molar-refractivity contribution in [1.82, 2.24) is 5.43 Å². The number of rotatable bonds is 5. The van der Waals surface area contributed by atoms with Gasteiger partial charge in [-0.25, -0.2) is 5.43 Å². The molecule has 26 heavy (non-hydrogen) atoms. The van der Waals surface area contributed by atoms with Gasteiger partial charge in [-0.3, -0.25) is 4.79 Å². The minimum absolute atomic E-state index is 0.150. The molecule has 3 nitrogen and oxygen atoms in total. The Kier molecular flexibility index (Phi) is 5.59. The van der Waals surface area contributed by atoms with E-state index in [0.29, 0.717) is 0 Å². The smallest absolute Gasteiger partial charge is 0.252 e. The van der Waals surface area contributed by atoms with Crippen molar-refractivity contribution in [2.75, 3.05) is 0 Å². The van der Waals surface area contributed by atoms with Crippen molar-refractivity contribution in [3.05, 3.63) is 107 Å². The molecule has 3 heteroatoms. The van der Waals surface area contributed by atoms with Gasteiger partial charge < -0.3 is 0 Å². The molecule has 3 aromatic rings.